The number of esters is 1. The predicted molar refractivity (Wildman–Crippen MR) is 72.5 cm³/mol. The van der Waals surface area contributed by atoms with Gasteiger partial charge in [0.15, 0.2) is 5.69 Å². The summed E-state index contributed by atoms with van der Waals surface area (Å²) < 4.78 is 18.1. The first kappa shape index (κ1) is 13.5. The number of carbonyl (C=O) groups is 1. The Morgan fingerprint density at radius 3 is 3.05 bits per heavy atom. The van der Waals surface area contributed by atoms with Crippen molar-refractivity contribution >= 4 is 28.0 Å². The molecule has 0 amide bonds. The summed E-state index contributed by atoms with van der Waals surface area (Å²) in [5.41, 5.74) is 3.25. The van der Waals surface area contributed by atoms with Crippen molar-refractivity contribution < 1.29 is 13.9 Å². The third-order valence-corrected chi connectivity index (χ3v) is 3.23. The Kier molecular flexibility index (Phi) is 4.11. The van der Waals surface area contributed by atoms with Crippen LogP contribution in [-0.2, 0) is 4.74 Å². The van der Waals surface area contributed by atoms with Gasteiger partial charge in [-0.25, -0.2) is 14.2 Å². The van der Waals surface area contributed by atoms with Gasteiger partial charge in [0.05, 0.1) is 12.1 Å². The van der Waals surface area contributed by atoms with Crippen molar-refractivity contribution in [3.05, 3.63) is 40.8 Å². The van der Waals surface area contributed by atoms with E-state index >= 15 is 0 Å². The Morgan fingerprint density at radius 2 is 2.32 bits per heavy atom. The molecule has 6 heteroatoms. The second-order valence-corrected chi connectivity index (χ2v) is 4.69. The monoisotopic (exact) mass is 280 g/mol. The summed E-state index contributed by atoms with van der Waals surface area (Å²) >= 11 is 1.27. The number of ether oxygens (including phenoxy) is 1. The van der Waals surface area contributed by atoms with E-state index < -0.39 is 5.97 Å². The van der Waals surface area contributed by atoms with E-state index in [-0.39, 0.29) is 18.1 Å². The summed E-state index contributed by atoms with van der Waals surface area (Å²) in [4.78, 5) is 15.6. The molecule has 1 N–H and O–H groups in total. The molecule has 1 heterocycles. The Balaban J connectivity index is 2.26. The average molecular weight is 280 g/mol. The molecule has 0 bridgehead atoms. The number of hydrogen-bond acceptors (Lipinski definition) is 5. The molecule has 0 aliphatic rings. The number of aromatic nitrogens is 1. The average Bonchev–Trinajstić information content (AvgIpc) is 2.82. The first-order valence-electron chi connectivity index (χ1n) is 5.75. The number of benzene rings is 1. The van der Waals surface area contributed by atoms with Gasteiger partial charge in [-0.15, -0.1) is 11.3 Å². The minimum atomic E-state index is -0.486. The van der Waals surface area contributed by atoms with Crippen molar-refractivity contribution in [2.45, 2.75) is 13.8 Å². The summed E-state index contributed by atoms with van der Waals surface area (Å²) in [5, 5.41) is 3.56. The van der Waals surface area contributed by atoms with Crippen molar-refractivity contribution in [2.24, 2.45) is 0 Å². The molecule has 0 radical (unpaired) electrons. The number of carbonyl (C=O) groups excluding carboxylic acids is 1. The topological polar surface area (TPSA) is 51.2 Å². The van der Waals surface area contributed by atoms with Crippen LogP contribution in [0.1, 0.15) is 23.0 Å². The summed E-state index contributed by atoms with van der Waals surface area (Å²) in [6.07, 6.45) is 0. The van der Waals surface area contributed by atoms with Crippen LogP contribution in [0.15, 0.2) is 23.7 Å². The molecule has 0 saturated carbocycles. The van der Waals surface area contributed by atoms with Gasteiger partial charge < -0.3 is 10.1 Å². The Bertz CT molecular complexity index is 598. The standard InChI is InChI=1S/C13H13FN2O2S/c1-3-18-13(17)11-12(19-7-15-11)16-10-6-9(14)5-4-8(10)2/h4-7,16H,3H2,1-2H3. The highest BCUT2D eigenvalue weighted by atomic mass is 32.1. The van der Waals surface area contributed by atoms with E-state index in [1.165, 1.54) is 23.5 Å². The van der Waals surface area contributed by atoms with Crippen LogP contribution in [0, 0.1) is 12.7 Å². The normalized spacial score (nSPS) is 10.3. The Labute approximate surface area is 114 Å². The van der Waals surface area contributed by atoms with Gasteiger partial charge >= 0.3 is 5.97 Å². The quantitative estimate of drug-likeness (QED) is 0.871. The first-order chi connectivity index (χ1) is 9.11. The summed E-state index contributed by atoms with van der Waals surface area (Å²) in [6, 6.07) is 4.44. The summed E-state index contributed by atoms with van der Waals surface area (Å²) in [7, 11) is 0. The molecule has 4 nitrogen and oxygen atoms in total. The van der Waals surface area contributed by atoms with Gasteiger partial charge in [0.1, 0.15) is 10.8 Å². The lowest BCUT2D eigenvalue weighted by molar-refractivity contribution is 0.0521. The lowest BCUT2D eigenvalue weighted by Crippen LogP contribution is -2.07. The van der Waals surface area contributed by atoms with Crippen molar-refractivity contribution in [3.8, 4) is 0 Å². The number of halogens is 1. The minimum Gasteiger partial charge on any atom is -0.461 e. The molecule has 0 aliphatic carbocycles. The first-order valence-corrected chi connectivity index (χ1v) is 6.63. The van der Waals surface area contributed by atoms with E-state index in [2.05, 4.69) is 10.3 Å². The maximum atomic E-state index is 13.2. The van der Waals surface area contributed by atoms with Gasteiger partial charge in [-0.1, -0.05) is 6.07 Å². The molecule has 19 heavy (non-hydrogen) atoms. The van der Waals surface area contributed by atoms with E-state index in [9.17, 15) is 9.18 Å². The van der Waals surface area contributed by atoms with Crippen molar-refractivity contribution in [1.29, 1.82) is 0 Å². The molecule has 0 unspecified atom stereocenters. The van der Waals surface area contributed by atoms with Gasteiger partial charge in [-0.3, -0.25) is 0 Å². The number of thiazole rings is 1. The van der Waals surface area contributed by atoms with Gasteiger partial charge in [0.2, 0.25) is 0 Å². The fourth-order valence-electron chi connectivity index (χ4n) is 1.53. The second-order valence-electron chi connectivity index (χ2n) is 3.83. The van der Waals surface area contributed by atoms with Gasteiger partial charge in [0, 0.05) is 5.69 Å². The van der Waals surface area contributed by atoms with E-state index in [0.717, 1.165) is 5.56 Å². The molecule has 100 valence electrons. The lowest BCUT2D eigenvalue weighted by atomic mass is 10.2. The summed E-state index contributed by atoms with van der Waals surface area (Å²) in [6.45, 7) is 3.87. The third-order valence-electron chi connectivity index (χ3n) is 2.48. The van der Waals surface area contributed by atoms with Crippen LogP contribution in [0.4, 0.5) is 15.1 Å². The zero-order chi connectivity index (χ0) is 13.8. The number of hydrogen-bond donors (Lipinski definition) is 1. The van der Waals surface area contributed by atoms with E-state index in [4.69, 9.17) is 4.74 Å². The molecular weight excluding hydrogens is 267 g/mol. The largest absolute Gasteiger partial charge is 0.461 e. The van der Waals surface area contributed by atoms with Crippen LogP contribution >= 0.6 is 11.3 Å². The molecule has 1 aromatic heterocycles. The number of nitrogens with one attached hydrogen (secondary N) is 1. The zero-order valence-corrected chi connectivity index (χ0v) is 11.4. The Morgan fingerprint density at radius 1 is 1.53 bits per heavy atom. The van der Waals surface area contributed by atoms with Gasteiger partial charge in [-0.05, 0) is 31.5 Å². The second kappa shape index (κ2) is 5.79. The van der Waals surface area contributed by atoms with E-state index in [0.29, 0.717) is 10.7 Å². The maximum Gasteiger partial charge on any atom is 0.360 e. The molecule has 2 rings (SSSR count). The van der Waals surface area contributed by atoms with E-state index in [1.807, 2.05) is 6.92 Å². The number of aryl methyl sites for hydroxylation is 1. The SMILES string of the molecule is CCOC(=O)c1ncsc1Nc1cc(F)ccc1C. The van der Waals surface area contributed by atoms with Crippen LogP contribution in [-0.4, -0.2) is 17.6 Å². The van der Waals surface area contributed by atoms with Crippen molar-refractivity contribution in [3.63, 3.8) is 0 Å². The van der Waals surface area contributed by atoms with Gasteiger partial charge in [-0.2, -0.15) is 0 Å². The lowest BCUT2D eigenvalue weighted by Gasteiger charge is -2.09. The predicted octanol–water partition coefficient (Wildman–Crippen LogP) is 3.51. The van der Waals surface area contributed by atoms with E-state index in [1.54, 1.807) is 18.5 Å². The number of anilines is 2. The molecule has 0 spiro atoms. The van der Waals surface area contributed by atoms with Gasteiger partial charge in [0.25, 0.3) is 0 Å². The minimum absolute atomic E-state index is 0.218. The molecule has 0 atom stereocenters. The molecule has 2 aromatic rings. The smallest absolute Gasteiger partial charge is 0.360 e. The molecule has 0 saturated heterocycles. The highest BCUT2D eigenvalue weighted by Gasteiger charge is 2.16. The van der Waals surface area contributed by atoms with Crippen LogP contribution < -0.4 is 5.32 Å². The molecule has 0 aliphatic heterocycles. The molecule has 1 aromatic carbocycles. The van der Waals surface area contributed by atoms with Crippen LogP contribution in [0.25, 0.3) is 0 Å². The zero-order valence-electron chi connectivity index (χ0n) is 10.6. The number of nitrogens with zero attached hydrogens (tertiary/aromatic N) is 1. The van der Waals surface area contributed by atoms with Crippen LogP contribution in [0.2, 0.25) is 0 Å². The fraction of sp³-hybridized carbons (Fsp3) is 0.231. The third kappa shape index (κ3) is 3.08. The molecular formula is C13H13FN2O2S. The van der Waals surface area contributed by atoms with Crippen LogP contribution in [0.5, 0.6) is 0 Å². The highest BCUT2D eigenvalue weighted by Crippen LogP contribution is 2.27. The maximum absolute atomic E-state index is 13.2. The van der Waals surface area contributed by atoms with Crippen molar-refractivity contribution in [1.82, 2.24) is 4.98 Å². The highest BCUT2D eigenvalue weighted by molar-refractivity contribution is 7.14. The Hall–Kier alpha value is -1.95. The van der Waals surface area contributed by atoms with Crippen LogP contribution in [0.3, 0.4) is 0 Å². The fourth-order valence-corrected chi connectivity index (χ4v) is 2.21. The summed E-state index contributed by atoms with van der Waals surface area (Å²) in [5.74, 6) is -0.824. The molecule has 0 fully saturated rings. The number of rotatable bonds is 4. The van der Waals surface area contributed by atoms with Crippen molar-refractivity contribution in [2.75, 3.05) is 11.9 Å².